The number of piperidine rings is 2. The van der Waals surface area contributed by atoms with Crippen molar-refractivity contribution < 1.29 is 9.53 Å². The van der Waals surface area contributed by atoms with Crippen LogP contribution in [0.3, 0.4) is 0 Å². The number of likely N-dealkylation sites (tertiary alicyclic amines) is 1. The summed E-state index contributed by atoms with van der Waals surface area (Å²) in [6.45, 7) is 20.4. The van der Waals surface area contributed by atoms with E-state index in [2.05, 4.69) is 59.5 Å². The molecule has 4 aromatic rings. The van der Waals surface area contributed by atoms with Crippen molar-refractivity contribution in [2.75, 3.05) is 49.1 Å². The van der Waals surface area contributed by atoms with Crippen LogP contribution in [0, 0.1) is 27.7 Å². The van der Waals surface area contributed by atoms with Gasteiger partial charge in [-0.2, -0.15) is 19.2 Å². The van der Waals surface area contributed by atoms with Crippen molar-refractivity contribution in [3.63, 3.8) is 0 Å². The molecule has 51 heavy (non-hydrogen) atoms. The Bertz CT molecular complexity index is 1860. The summed E-state index contributed by atoms with van der Waals surface area (Å²) in [4.78, 5) is 29.1. The number of carbonyl (C=O) groups is 1. The lowest BCUT2D eigenvalue weighted by Gasteiger charge is -2.35. The number of fused-ring (bicyclic) bond motifs is 2. The van der Waals surface area contributed by atoms with Crippen LogP contribution in [0.4, 0.5) is 16.4 Å². The van der Waals surface area contributed by atoms with Crippen LogP contribution in [0.25, 0.3) is 11.3 Å². The molecule has 4 aliphatic heterocycles. The van der Waals surface area contributed by atoms with E-state index >= 15 is 0 Å². The molecule has 4 fully saturated rings. The van der Waals surface area contributed by atoms with Crippen molar-refractivity contribution in [3.05, 3.63) is 46.0 Å². The van der Waals surface area contributed by atoms with E-state index < -0.39 is 5.60 Å². The van der Waals surface area contributed by atoms with E-state index in [0.717, 1.165) is 91.9 Å². The highest BCUT2D eigenvalue weighted by Gasteiger charge is 2.34. The third kappa shape index (κ3) is 7.39. The number of aryl methyl sites for hydroxylation is 2. The maximum absolute atomic E-state index is 12.8. The molecule has 0 aromatic carbocycles. The van der Waals surface area contributed by atoms with E-state index in [-0.39, 0.29) is 12.1 Å². The van der Waals surface area contributed by atoms with E-state index in [1.807, 2.05) is 30.2 Å². The molecular formula is C39H58N10O2. The van der Waals surface area contributed by atoms with Crippen LogP contribution in [-0.4, -0.2) is 85.1 Å². The van der Waals surface area contributed by atoms with Crippen LogP contribution in [0.15, 0.2) is 12.1 Å². The summed E-state index contributed by atoms with van der Waals surface area (Å²) in [5.41, 5.74) is 8.02. The Labute approximate surface area is 302 Å². The van der Waals surface area contributed by atoms with Gasteiger partial charge in [-0.25, -0.2) is 14.8 Å². The molecule has 0 spiro atoms. The van der Waals surface area contributed by atoms with Crippen molar-refractivity contribution >= 4 is 29.0 Å². The highest BCUT2D eigenvalue weighted by atomic mass is 16.6. The van der Waals surface area contributed by atoms with Crippen LogP contribution in [0.1, 0.15) is 131 Å². The average molecular weight is 699 g/mol. The molecule has 4 saturated heterocycles. The van der Waals surface area contributed by atoms with Gasteiger partial charge in [0.25, 0.3) is 0 Å². The minimum Gasteiger partial charge on any atom is -0.444 e. The normalized spacial score (nSPS) is 21.4. The molecule has 0 radical (unpaired) electrons. The summed E-state index contributed by atoms with van der Waals surface area (Å²) in [7, 11) is 0. The second-order valence-corrected chi connectivity index (χ2v) is 16.0. The zero-order valence-electron chi connectivity index (χ0n) is 32.0. The Morgan fingerprint density at radius 2 is 1.22 bits per heavy atom. The van der Waals surface area contributed by atoms with E-state index in [9.17, 15) is 4.79 Å². The van der Waals surface area contributed by atoms with Crippen molar-refractivity contribution in [2.24, 2.45) is 0 Å². The van der Waals surface area contributed by atoms with Crippen LogP contribution in [0.5, 0.6) is 0 Å². The number of amides is 1. The molecule has 4 aromatic heterocycles. The number of hydrogen-bond donors (Lipinski definition) is 1. The maximum Gasteiger partial charge on any atom is 0.410 e. The predicted molar refractivity (Wildman–Crippen MR) is 202 cm³/mol. The monoisotopic (exact) mass is 698 g/mol. The van der Waals surface area contributed by atoms with Crippen LogP contribution in [-0.2, 0) is 4.74 Å². The molecule has 8 rings (SSSR count). The summed E-state index contributed by atoms with van der Waals surface area (Å²) in [6, 6.07) is 4.56. The van der Waals surface area contributed by atoms with Gasteiger partial charge in [-0.05, 0) is 113 Å². The molecule has 0 unspecified atom stereocenters. The number of nitrogens with zero attached hydrogens (tertiary/aromatic N) is 9. The number of ether oxygens (including phenoxy) is 1. The first-order valence-corrected chi connectivity index (χ1v) is 19.4. The molecule has 2 atom stereocenters. The van der Waals surface area contributed by atoms with Gasteiger partial charge in [0.15, 0.2) is 11.3 Å². The number of aromatic nitrogens is 6. The van der Waals surface area contributed by atoms with Gasteiger partial charge >= 0.3 is 6.09 Å². The van der Waals surface area contributed by atoms with E-state index in [0.29, 0.717) is 12.6 Å². The molecule has 12 nitrogen and oxygen atoms in total. The summed E-state index contributed by atoms with van der Waals surface area (Å²) in [6.07, 6.45) is 11.5. The van der Waals surface area contributed by atoms with E-state index in [4.69, 9.17) is 24.9 Å². The molecular weight excluding hydrogens is 640 g/mol. The van der Waals surface area contributed by atoms with Gasteiger partial charge in [0, 0.05) is 67.4 Å². The molecule has 0 saturated carbocycles. The Morgan fingerprint density at radius 1 is 0.706 bits per heavy atom. The second-order valence-electron chi connectivity index (χ2n) is 16.0. The van der Waals surface area contributed by atoms with Crippen molar-refractivity contribution in [3.8, 4) is 0 Å². The largest absolute Gasteiger partial charge is 0.444 e. The zero-order chi connectivity index (χ0) is 35.9. The molecule has 276 valence electrons. The molecule has 4 aliphatic rings. The van der Waals surface area contributed by atoms with Crippen LogP contribution >= 0.6 is 0 Å². The first kappa shape index (κ1) is 35.5. The van der Waals surface area contributed by atoms with E-state index in [1.54, 1.807) is 0 Å². The van der Waals surface area contributed by atoms with Gasteiger partial charge < -0.3 is 19.9 Å². The maximum atomic E-state index is 12.8. The Balaban J connectivity index is 0.000000165. The number of anilines is 2. The van der Waals surface area contributed by atoms with Gasteiger partial charge in [-0.1, -0.05) is 6.42 Å². The summed E-state index contributed by atoms with van der Waals surface area (Å²) < 4.78 is 9.75. The highest BCUT2D eigenvalue weighted by molar-refractivity contribution is 5.69. The molecule has 1 amide bonds. The molecule has 0 aliphatic carbocycles. The fourth-order valence-corrected chi connectivity index (χ4v) is 8.22. The second kappa shape index (κ2) is 14.6. The first-order valence-electron chi connectivity index (χ1n) is 19.4. The Morgan fingerprint density at radius 3 is 1.75 bits per heavy atom. The van der Waals surface area contributed by atoms with Crippen molar-refractivity contribution in [1.82, 2.24) is 39.4 Å². The van der Waals surface area contributed by atoms with Crippen LogP contribution in [0.2, 0.25) is 0 Å². The lowest BCUT2D eigenvalue weighted by atomic mass is 10.00. The van der Waals surface area contributed by atoms with Gasteiger partial charge in [0.05, 0.1) is 23.5 Å². The zero-order valence-corrected chi connectivity index (χ0v) is 32.0. The molecule has 0 bridgehead atoms. The van der Waals surface area contributed by atoms with Gasteiger partial charge in [-0.15, -0.1) is 0 Å². The highest BCUT2D eigenvalue weighted by Crippen LogP contribution is 2.34. The fourth-order valence-electron chi connectivity index (χ4n) is 8.22. The minimum absolute atomic E-state index is 0.0626. The SMILES string of the molecule is Cc1nc2cc([C@@H]3CCCCN3)nn2c(N2CCCC2)c1C.Cc1nc2cc([C@@H]3CCCCN3C(=O)OC(C)(C)C)nn2c(N2CCCC2)c1C. The van der Waals surface area contributed by atoms with Gasteiger partial charge in [0.1, 0.15) is 17.2 Å². The first-order chi connectivity index (χ1) is 24.5. The Hall–Kier alpha value is -3.93. The summed E-state index contributed by atoms with van der Waals surface area (Å²) in [5, 5.41) is 13.5. The van der Waals surface area contributed by atoms with Crippen LogP contribution < -0.4 is 15.1 Å². The lowest BCUT2D eigenvalue weighted by molar-refractivity contribution is 0.00897. The number of carbonyl (C=O) groups excluding carboxylic acids is 1. The fraction of sp³-hybridized carbons (Fsp3) is 0.667. The standard InChI is InChI=1S/C22H33N5O2.C17H25N5/c1-15-16(2)23-19-14-17(24-27(19)20(15)25-11-8-9-12-25)18-10-6-7-13-26(18)21(28)29-22(3,4)5;1-12-13(2)19-16-11-15(14-7-3-4-8-18-14)20-22(16)17(12)21-9-5-6-10-21/h14,18H,6-13H2,1-5H3;11,14,18H,3-10H2,1-2H3/t18-;14-/m00/s1. The quantitative estimate of drug-likeness (QED) is 0.237. The topological polar surface area (TPSA) is 108 Å². The summed E-state index contributed by atoms with van der Waals surface area (Å²) in [5.74, 6) is 2.40. The number of rotatable bonds is 4. The van der Waals surface area contributed by atoms with Gasteiger partial charge in [-0.3, -0.25) is 4.90 Å². The predicted octanol–water partition coefficient (Wildman–Crippen LogP) is 7.17. The molecule has 8 heterocycles. The van der Waals surface area contributed by atoms with Crippen molar-refractivity contribution in [2.45, 2.75) is 130 Å². The van der Waals surface area contributed by atoms with Crippen molar-refractivity contribution in [1.29, 1.82) is 0 Å². The molecule has 1 N–H and O–H groups in total. The van der Waals surface area contributed by atoms with Gasteiger partial charge in [0.2, 0.25) is 0 Å². The third-order valence-electron chi connectivity index (χ3n) is 11.1. The number of nitrogens with one attached hydrogen (secondary N) is 1. The summed E-state index contributed by atoms with van der Waals surface area (Å²) >= 11 is 0. The average Bonchev–Trinajstić information content (AvgIpc) is 3.94. The molecule has 12 heteroatoms. The third-order valence-corrected chi connectivity index (χ3v) is 11.1. The Kier molecular flexibility index (Phi) is 10.2. The smallest absolute Gasteiger partial charge is 0.410 e. The lowest BCUT2D eigenvalue weighted by Crippen LogP contribution is -2.42. The van der Waals surface area contributed by atoms with E-state index in [1.165, 1.54) is 61.9 Å². The minimum atomic E-state index is -0.503. The number of hydrogen-bond acceptors (Lipinski definition) is 9.